The van der Waals surface area contributed by atoms with E-state index in [1.54, 1.807) is 5.30 Å². The molecule has 2 unspecified atom stereocenters. The van der Waals surface area contributed by atoms with Crippen LogP contribution in [0.4, 0.5) is 0 Å². The number of benzene rings is 1. The van der Waals surface area contributed by atoms with Crippen molar-refractivity contribution in [1.29, 1.82) is 0 Å². The maximum atomic E-state index is 2.51. The molecular formula is C23H37P. The van der Waals surface area contributed by atoms with Crippen LogP contribution in [0.15, 0.2) is 30.3 Å². The summed E-state index contributed by atoms with van der Waals surface area (Å²) in [7, 11) is -0.0985. The minimum atomic E-state index is -0.0985. The van der Waals surface area contributed by atoms with Crippen LogP contribution >= 0.6 is 7.92 Å². The lowest BCUT2D eigenvalue weighted by Crippen LogP contribution is -2.36. The van der Waals surface area contributed by atoms with Crippen molar-refractivity contribution >= 4 is 13.2 Å². The second kappa shape index (κ2) is 7.90. The highest BCUT2D eigenvalue weighted by Crippen LogP contribution is 2.65. The maximum absolute atomic E-state index is 2.51. The molecule has 2 fully saturated rings. The Morgan fingerprint density at radius 3 is 1.92 bits per heavy atom. The van der Waals surface area contributed by atoms with Crippen LogP contribution in [-0.2, 0) is 0 Å². The van der Waals surface area contributed by atoms with E-state index >= 15 is 0 Å². The first-order valence-electron chi connectivity index (χ1n) is 10.4. The van der Waals surface area contributed by atoms with E-state index in [0.717, 1.165) is 5.66 Å². The summed E-state index contributed by atoms with van der Waals surface area (Å²) >= 11 is 0. The van der Waals surface area contributed by atoms with Crippen molar-refractivity contribution < 1.29 is 0 Å². The van der Waals surface area contributed by atoms with Crippen LogP contribution in [0, 0.1) is 5.41 Å². The number of hydrogen-bond donors (Lipinski definition) is 0. The van der Waals surface area contributed by atoms with Crippen molar-refractivity contribution in [2.24, 2.45) is 5.41 Å². The van der Waals surface area contributed by atoms with E-state index in [2.05, 4.69) is 51.1 Å². The van der Waals surface area contributed by atoms with Gasteiger partial charge in [0.05, 0.1) is 0 Å². The molecule has 1 aromatic rings. The normalized spacial score (nSPS) is 26.5. The fourth-order valence-corrected chi connectivity index (χ4v) is 9.45. The average Bonchev–Trinajstić information content (AvgIpc) is 2.98. The summed E-state index contributed by atoms with van der Waals surface area (Å²) in [6.07, 6.45) is 16.4. The van der Waals surface area contributed by atoms with Gasteiger partial charge in [-0.15, -0.1) is 0 Å². The Labute approximate surface area is 151 Å². The Kier molecular flexibility index (Phi) is 6.07. The van der Waals surface area contributed by atoms with Crippen molar-refractivity contribution in [2.75, 3.05) is 0 Å². The van der Waals surface area contributed by atoms with Crippen LogP contribution < -0.4 is 5.30 Å². The summed E-state index contributed by atoms with van der Waals surface area (Å²) in [6.45, 7) is 7.52. The van der Waals surface area contributed by atoms with Crippen molar-refractivity contribution in [3.63, 3.8) is 0 Å². The molecule has 1 aromatic carbocycles. The van der Waals surface area contributed by atoms with E-state index in [1.165, 1.54) is 70.6 Å². The molecule has 0 N–H and O–H groups in total. The molecule has 0 radical (unpaired) electrons. The third-order valence-corrected chi connectivity index (χ3v) is 10.3. The smallest absolute Gasteiger partial charge is 0.0108 e. The molecule has 24 heavy (non-hydrogen) atoms. The Hall–Kier alpha value is -0.350. The highest BCUT2D eigenvalue weighted by Gasteiger charge is 2.48. The molecule has 1 heteroatoms. The predicted molar refractivity (Wildman–Crippen MR) is 110 cm³/mol. The summed E-state index contributed by atoms with van der Waals surface area (Å²) in [6, 6.07) is 11.6. The fourth-order valence-electron chi connectivity index (χ4n) is 5.52. The monoisotopic (exact) mass is 344 g/mol. The summed E-state index contributed by atoms with van der Waals surface area (Å²) in [4.78, 5) is 0. The SMILES string of the molecule is CC(C)(C)P(c1ccccc1)C1CCCC12CCCCCCCC2. The fraction of sp³-hybridized carbons (Fsp3) is 0.739. The second-order valence-electron chi connectivity index (χ2n) is 9.27. The minimum Gasteiger partial charge on any atom is -0.0661 e. The first-order chi connectivity index (χ1) is 11.5. The summed E-state index contributed by atoms with van der Waals surface area (Å²) in [5, 5.41) is 2.07. The Morgan fingerprint density at radius 2 is 1.33 bits per heavy atom. The molecule has 0 aliphatic heterocycles. The number of rotatable bonds is 2. The lowest BCUT2D eigenvalue weighted by Gasteiger charge is -2.46. The predicted octanol–water partition coefficient (Wildman–Crippen LogP) is 7.27. The van der Waals surface area contributed by atoms with E-state index in [-0.39, 0.29) is 7.92 Å². The van der Waals surface area contributed by atoms with Crippen molar-refractivity contribution in [1.82, 2.24) is 0 Å². The quantitative estimate of drug-likeness (QED) is 0.495. The van der Waals surface area contributed by atoms with Crippen LogP contribution in [-0.4, -0.2) is 10.8 Å². The second-order valence-corrected chi connectivity index (χ2v) is 12.5. The Morgan fingerprint density at radius 1 is 0.792 bits per heavy atom. The van der Waals surface area contributed by atoms with E-state index in [9.17, 15) is 0 Å². The topological polar surface area (TPSA) is 0 Å². The first-order valence-corrected chi connectivity index (χ1v) is 11.8. The minimum absolute atomic E-state index is 0.0985. The van der Waals surface area contributed by atoms with Crippen molar-refractivity contribution in [3.8, 4) is 0 Å². The van der Waals surface area contributed by atoms with Crippen LogP contribution in [0.5, 0.6) is 0 Å². The molecule has 0 heterocycles. The molecule has 0 amide bonds. The molecule has 2 aliphatic carbocycles. The van der Waals surface area contributed by atoms with Crippen LogP contribution in [0.2, 0.25) is 0 Å². The lowest BCUT2D eigenvalue weighted by molar-refractivity contribution is 0.242. The van der Waals surface area contributed by atoms with Gasteiger partial charge in [0.25, 0.3) is 0 Å². The molecule has 0 aromatic heterocycles. The Bertz CT molecular complexity index is 489. The lowest BCUT2D eigenvalue weighted by atomic mass is 9.77. The van der Waals surface area contributed by atoms with Gasteiger partial charge >= 0.3 is 0 Å². The zero-order valence-electron chi connectivity index (χ0n) is 16.2. The molecule has 2 atom stereocenters. The Balaban J connectivity index is 1.93. The van der Waals surface area contributed by atoms with Gasteiger partial charge in [0.1, 0.15) is 0 Å². The molecule has 134 valence electrons. The van der Waals surface area contributed by atoms with Crippen LogP contribution in [0.3, 0.4) is 0 Å². The molecule has 0 nitrogen and oxygen atoms in total. The molecule has 2 saturated carbocycles. The van der Waals surface area contributed by atoms with Gasteiger partial charge in [0.15, 0.2) is 0 Å². The third-order valence-electron chi connectivity index (χ3n) is 6.53. The van der Waals surface area contributed by atoms with E-state index in [0.29, 0.717) is 10.6 Å². The highest BCUT2D eigenvalue weighted by atomic mass is 31.1. The standard InChI is InChI=1S/C23H37P/c1-22(2,3)24(20-14-9-8-10-15-20)21-16-13-19-23(21)17-11-6-4-5-7-12-18-23/h8-10,14-15,21H,4-7,11-13,16-19H2,1-3H3. The van der Waals surface area contributed by atoms with Gasteiger partial charge in [0, 0.05) is 0 Å². The van der Waals surface area contributed by atoms with Gasteiger partial charge in [-0.25, -0.2) is 0 Å². The van der Waals surface area contributed by atoms with E-state index < -0.39 is 0 Å². The molecule has 0 saturated heterocycles. The van der Waals surface area contributed by atoms with Crippen molar-refractivity contribution in [2.45, 2.75) is 102 Å². The number of hydrogen-bond acceptors (Lipinski definition) is 0. The van der Waals surface area contributed by atoms with Gasteiger partial charge in [0.2, 0.25) is 0 Å². The maximum Gasteiger partial charge on any atom is -0.0108 e. The van der Waals surface area contributed by atoms with Crippen LogP contribution in [0.25, 0.3) is 0 Å². The van der Waals surface area contributed by atoms with Gasteiger partial charge in [-0.3, -0.25) is 0 Å². The van der Waals surface area contributed by atoms with E-state index in [4.69, 9.17) is 0 Å². The third kappa shape index (κ3) is 4.07. The van der Waals surface area contributed by atoms with Crippen LogP contribution in [0.1, 0.15) is 91.4 Å². The molecular weight excluding hydrogens is 307 g/mol. The highest BCUT2D eigenvalue weighted by molar-refractivity contribution is 7.67. The summed E-state index contributed by atoms with van der Waals surface area (Å²) in [5.41, 5.74) is 1.62. The van der Waals surface area contributed by atoms with Gasteiger partial charge in [-0.2, -0.15) is 0 Å². The zero-order valence-corrected chi connectivity index (χ0v) is 17.1. The summed E-state index contributed by atoms with van der Waals surface area (Å²) < 4.78 is 0. The first kappa shape index (κ1) is 18.4. The van der Waals surface area contributed by atoms with Gasteiger partial charge in [-0.1, -0.05) is 104 Å². The van der Waals surface area contributed by atoms with Gasteiger partial charge in [-0.05, 0) is 47.2 Å². The average molecular weight is 345 g/mol. The van der Waals surface area contributed by atoms with Gasteiger partial charge < -0.3 is 0 Å². The largest absolute Gasteiger partial charge is 0.0661 e. The molecule has 3 rings (SSSR count). The molecule has 1 spiro atoms. The van der Waals surface area contributed by atoms with Crippen molar-refractivity contribution in [3.05, 3.63) is 30.3 Å². The van der Waals surface area contributed by atoms with E-state index in [1.807, 2.05) is 0 Å². The summed E-state index contributed by atoms with van der Waals surface area (Å²) in [5.74, 6) is 0. The zero-order chi connectivity index (χ0) is 17.0. The molecule has 2 aliphatic rings. The molecule has 0 bridgehead atoms.